The molecule has 0 spiro atoms. The molecule has 1 aromatic heterocycles. The number of benzene rings is 1. The Balaban J connectivity index is 1.38. The third-order valence-electron chi connectivity index (χ3n) is 5.59. The van der Waals surface area contributed by atoms with Crippen molar-refractivity contribution in [3.05, 3.63) is 36.5 Å². The molecule has 1 aromatic carbocycles. The van der Waals surface area contributed by atoms with Crippen molar-refractivity contribution >= 4 is 17.5 Å². The SMILES string of the molecule is COc1ccccc1N1CCN(c2nccc(NC3CCCCC3)n2)CC1. The second-order valence-corrected chi connectivity index (χ2v) is 7.37. The van der Waals surface area contributed by atoms with Crippen LogP contribution >= 0.6 is 0 Å². The lowest BCUT2D eigenvalue weighted by Gasteiger charge is -2.36. The summed E-state index contributed by atoms with van der Waals surface area (Å²) in [6.07, 6.45) is 8.37. The highest BCUT2D eigenvalue weighted by molar-refractivity contribution is 5.59. The summed E-state index contributed by atoms with van der Waals surface area (Å²) in [7, 11) is 1.73. The van der Waals surface area contributed by atoms with E-state index in [9.17, 15) is 0 Å². The third-order valence-corrected chi connectivity index (χ3v) is 5.59. The zero-order valence-corrected chi connectivity index (χ0v) is 16.1. The Labute approximate surface area is 161 Å². The number of nitrogens with one attached hydrogen (secondary N) is 1. The van der Waals surface area contributed by atoms with E-state index in [0.717, 1.165) is 49.4 Å². The molecule has 1 aliphatic heterocycles. The van der Waals surface area contributed by atoms with Gasteiger partial charge in [0.2, 0.25) is 5.95 Å². The topological polar surface area (TPSA) is 53.5 Å². The molecule has 0 radical (unpaired) electrons. The molecule has 1 saturated carbocycles. The molecule has 144 valence electrons. The number of ether oxygens (including phenoxy) is 1. The van der Waals surface area contributed by atoms with E-state index in [1.54, 1.807) is 7.11 Å². The summed E-state index contributed by atoms with van der Waals surface area (Å²) in [6.45, 7) is 3.68. The molecule has 1 aliphatic carbocycles. The van der Waals surface area contributed by atoms with Crippen LogP contribution < -0.4 is 19.9 Å². The molecular formula is C21H29N5O. The summed E-state index contributed by atoms with van der Waals surface area (Å²) in [4.78, 5) is 14.0. The minimum absolute atomic E-state index is 0.559. The summed E-state index contributed by atoms with van der Waals surface area (Å²) in [6, 6.07) is 10.8. The van der Waals surface area contributed by atoms with E-state index >= 15 is 0 Å². The van der Waals surface area contributed by atoms with Gasteiger partial charge in [0.15, 0.2) is 0 Å². The van der Waals surface area contributed by atoms with Gasteiger partial charge in [-0.15, -0.1) is 0 Å². The number of methoxy groups -OCH3 is 1. The van der Waals surface area contributed by atoms with Gasteiger partial charge in [0.1, 0.15) is 11.6 Å². The van der Waals surface area contributed by atoms with Crippen molar-refractivity contribution in [2.24, 2.45) is 0 Å². The summed E-state index contributed by atoms with van der Waals surface area (Å²) in [5.41, 5.74) is 1.16. The molecule has 0 amide bonds. The highest BCUT2D eigenvalue weighted by Crippen LogP contribution is 2.29. The number of nitrogens with zero attached hydrogens (tertiary/aromatic N) is 4. The van der Waals surface area contributed by atoms with Crippen LogP contribution in [0.25, 0.3) is 0 Å². The second kappa shape index (κ2) is 8.46. The van der Waals surface area contributed by atoms with Crippen molar-refractivity contribution in [2.45, 2.75) is 38.1 Å². The van der Waals surface area contributed by atoms with Gasteiger partial charge in [-0.2, -0.15) is 4.98 Å². The number of aromatic nitrogens is 2. The van der Waals surface area contributed by atoms with E-state index in [2.05, 4.69) is 32.2 Å². The largest absolute Gasteiger partial charge is 0.495 e. The van der Waals surface area contributed by atoms with E-state index in [-0.39, 0.29) is 0 Å². The van der Waals surface area contributed by atoms with Crippen molar-refractivity contribution in [2.75, 3.05) is 48.4 Å². The quantitative estimate of drug-likeness (QED) is 0.872. The maximum atomic E-state index is 5.51. The molecule has 0 bridgehead atoms. The van der Waals surface area contributed by atoms with E-state index in [4.69, 9.17) is 9.72 Å². The number of anilines is 3. The molecule has 2 fully saturated rings. The Morgan fingerprint density at radius 2 is 1.70 bits per heavy atom. The summed E-state index contributed by atoms with van der Waals surface area (Å²) in [5, 5.41) is 3.61. The lowest BCUT2D eigenvalue weighted by atomic mass is 9.95. The molecule has 0 atom stereocenters. The fraction of sp³-hybridized carbons (Fsp3) is 0.524. The van der Waals surface area contributed by atoms with Gasteiger partial charge >= 0.3 is 0 Å². The summed E-state index contributed by atoms with van der Waals surface area (Å²) < 4.78 is 5.51. The predicted octanol–water partition coefficient (Wildman–Crippen LogP) is 3.56. The standard InChI is InChI=1S/C21H29N5O/c1-27-19-10-6-5-9-18(19)25-13-15-26(16-14-25)21-22-12-11-20(24-21)23-17-7-3-2-4-8-17/h5-6,9-12,17H,2-4,7-8,13-16H2,1H3,(H,22,23,24). The van der Waals surface area contributed by atoms with Crippen LogP contribution in [0.15, 0.2) is 36.5 Å². The smallest absolute Gasteiger partial charge is 0.227 e. The first-order chi connectivity index (χ1) is 13.3. The average molecular weight is 367 g/mol. The molecule has 6 nitrogen and oxygen atoms in total. The van der Waals surface area contributed by atoms with Crippen molar-refractivity contribution in [3.8, 4) is 5.75 Å². The fourth-order valence-electron chi connectivity index (χ4n) is 4.08. The van der Waals surface area contributed by atoms with E-state index < -0.39 is 0 Å². The van der Waals surface area contributed by atoms with Gasteiger partial charge in [0.25, 0.3) is 0 Å². The van der Waals surface area contributed by atoms with E-state index in [1.165, 1.54) is 32.1 Å². The molecule has 2 aliphatic rings. The molecule has 0 unspecified atom stereocenters. The fourth-order valence-corrected chi connectivity index (χ4v) is 4.08. The van der Waals surface area contributed by atoms with Crippen LogP contribution in [0.2, 0.25) is 0 Å². The van der Waals surface area contributed by atoms with Gasteiger partial charge in [-0.3, -0.25) is 0 Å². The first-order valence-electron chi connectivity index (χ1n) is 10.1. The van der Waals surface area contributed by atoms with Crippen LogP contribution in [0.5, 0.6) is 5.75 Å². The molecule has 1 saturated heterocycles. The van der Waals surface area contributed by atoms with Crippen molar-refractivity contribution in [3.63, 3.8) is 0 Å². The zero-order valence-electron chi connectivity index (χ0n) is 16.1. The molecule has 6 heteroatoms. The molecule has 27 heavy (non-hydrogen) atoms. The number of para-hydroxylation sites is 2. The highest BCUT2D eigenvalue weighted by Gasteiger charge is 2.21. The Morgan fingerprint density at radius 3 is 2.48 bits per heavy atom. The zero-order chi connectivity index (χ0) is 18.5. The Morgan fingerprint density at radius 1 is 0.963 bits per heavy atom. The van der Waals surface area contributed by atoms with Crippen LogP contribution in [0, 0.1) is 0 Å². The average Bonchev–Trinajstić information content (AvgIpc) is 2.75. The van der Waals surface area contributed by atoms with Crippen LogP contribution in [0.1, 0.15) is 32.1 Å². The second-order valence-electron chi connectivity index (χ2n) is 7.37. The lowest BCUT2D eigenvalue weighted by molar-refractivity contribution is 0.413. The van der Waals surface area contributed by atoms with Gasteiger partial charge in [0.05, 0.1) is 12.8 Å². The molecule has 1 N–H and O–H groups in total. The number of hydrogen-bond acceptors (Lipinski definition) is 6. The van der Waals surface area contributed by atoms with Gasteiger partial charge in [-0.25, -0.2) is 4.98 Å². The van der Waals surface area contributed by atoms with Gasteiger partial charge in [-0.05, 0) is 31.0 Å². The molecule has 2 aromatic rings. The summed E-state index contributed by atoms with van der Waals surface area (Å²) >= 11 is 0. The van der Waals surface area contributed by atoms with Gasteiger partial charge < -0.3 is 19.9 Å². The van der Waals surface area contributed by atoms with Crippen LogP contribution in [0.4, 0.5) is 17.5 Å². The molecular weight excluding hydrogens is 338 g/mol. The van der Waals surface area contributed by atoms with Crippen molar-refractivity contribution in [1.29, 1.82) is 0 Å². The number of hydrogen-bond donors (Lipinski definition) is 1. The maximum absolute atomic E-state index is 5.51. The van der Waals surface area contributed by atoms with Crippen molar-refractivity contribution in [1.82, 2.24) is 9.97 Å². The van der Waals surface area contributed by atoms with E-state index in [0.29, 0.717) is 6.04 Å². The first-order valence-corrected chi connectivity index (χ1v) is 10.1. The van der Waals surface area contributed by atoms with Crippen LogP contribution in [0.3, 0.4) is 0 Å². The summed E-state index contributed by atoms with van der Waals surface area (Å²) in [5.74, 6) is 2.72. The van der Waals surface area contributed by atoms with Crippen LogP contribution in [-0.2, 0) is 0 Å². The Kier molecular flexibility index (Phi) is 5.61. The van der Waals surface area contributed by atoms with Gasteiger partial charge in [-0.1, -0.05) is 31.4 Å². The first kappa shape index (κ1) is 17.9. The number of piperazine rings is 1. The highest BCUT2D eigenvalue weighted by atomic mass is 16.5. The van der Waals surface area contributed by atoms with Crippen LogP contribution in [-0.4, -0.2) is 49.3 Å². The molecule has 4 rings (SSSR count). The third kappa shape index (κ3) is 4.26. The Hall–Kier alpha value is -2.50. The maximum Gasteiger partial charge on any atom is 0.227 e. The predicted molar refractivity (Wildman–Crippen MR) is 110 cm³/mol. The van der Waals surface area contributed by atoms with Crippen molar-refractivity contribution < 1.29 is 4.74 Å². The minimum Gasteiger partial charge on any atom is -0.495 e. The van der Waals surface area contributed by atoms with Gasteiger partial charge in [0, 0.05) is 38.4 Å². The minimum atomic E-state index is 0.559. The monoisotopic (exact) mass is 367 g/mol. The van der Waals surface area contributed by atoms with E-state index in [1.807, 2.05) is 24.4 Å². The number of rotatable bonds is 5. The normalized spacial score (nSPS) is 18.4. The Bertz CT molecular complexity index is 739. The molecule has 2 heterocycles. The lowest BCUT2D eigenvalue weighted by Crippen LogP contribution is -2.47.